The summed E-state index contributed by atoms with van der Waals surface area (Å²) in [7, 11) is 0. The number of hydrogen-bond donors (Lipinski definition) is 4. The summed E-state index contributed by atoms with van der Waals surface area (Å²) in [5.41, 5.74) is -1.48. The first-order valence-electron chi connectivity index (χ1n) is 6.80. The fraction of sp³-hybridized carbons (Fsp3) is 0. The summed E-state index contributed by atoms with van der Waals surface area (Å²) in [6.07, 6.45) is 1.25. The topological polar surface area (TPSA) is 171 Å². The van der Waals surface area contributed by atoms with E-state index in [1.807, 2.05) is 4.98 Å². The second-order valence-corrected chi connectivity index (χ2v) is 4.97. The molecule has 126 valence electrons. The van der Waals surface area contributed by atoms with Gasteiger partial charge in [-0.2, -0.15) is 0 Å². The van der Waals surface area contributed by atoms with E-state index in [9.17, 15) is 29.3 Å². The van der Waals surface area contributed by atoms with Crippen molar-refractivity contribution in [3.8, 4) is 0 Å². The average Bonchev–Trinajstić information content (AvgIpc) is 2.95. The highest BCUT2D eigenvalue weighted by atomic mass is 16.6. The van der Waals surface area contributed by atoms with E-state index in [1.165, 1.54) is 24.4 Å². The van der Waals surface area contributed by atoms with Crippen molar-refractivity contribution in [2.75, 3.05) is 5.32 Å². The molecule has 4 N–H and O–H groups in total. The highest BCUT2D eigenvalue weighted by molar-refractivity contribution is 6.48. The van der Waals surface area contributed by atoms with Gasteiger partial charge in [-0.25, -0.2) is 4.79 Å². The third kappa shape index (κ3) is 3.06. The van der Waals surface area contributed by atoms with Crippen molar-refractivity contribution in [2.24, 2.45) is 0 Å². The SMILES string of the molecule is O=C(Nc1cc(=O)[nH]c(=O)[nH]1)C(=O)c1c[nH]c2ccc([N+](=O)[O-])cc12. The normalized spacial score (nSPS) is 10.6. The first-order chi connectivity index (χ1) is 11.8. The summed E-state index contributed by atoms with van der Waals surface area (Å²) in [5.74, 6) is -2.36. The fourth-order valence-corrected chi connectivity index (χ4v) is 2.25. The van der Waals surface area contributed by atoms with Crippen LogP contribution < -0.4 is 16.6 Å². The Morgan fingerprint density at radius 1 is 1.12 bits per heavy atom. The lowest BCUT2D eigenvalue weighted by Gasteiger charge is -2.03. The van der Waals surface area contributed by atoms with Crippen molar-refractivity contribution in [1.82, 2.24) is 15.0 Å². The van der Waals surface area contributed by atoms with Gasteiger partial charge < -0.3 is 10.3 Å². The third-order valence-corrected chi connectivity index (χ3v) is 3.34. The quantitative estimate of drug-likeness (QED) is 0.229. The summed E-state index contributed by atoms with van der Waals surface area (Å²) in [6, 6.07) is 4.73. The number of Topliss-reactive ketones (excluding diaryl/α,β-unsaturated/α-hetero) is 1. The van der Waals surface area contributed by atoms with Gasteiger partial charge in [0.15, 0.2) is 0 Å². The Hall–Kier alpha value is -4.02. The molecule has 25 heavy (non-hydrogen) atoms. The van der Waals surface area contributed by atoms with Crippen LogP contribution in [0, 0.1) is 10.1 Å². The molecule has 11 heteroatoms. The minimum absolute atomic E-state index is 0.0802. The Bertz CT molecular complexity index is 1110. The molecule has 0 unspecified atom stereocenters. The van der Waals surface area contributed by atoms with E-state index in [0.29, 0.717) is 5.52 Å². The number of nitrogens with zero attached hydrogens (tertiary/aromatic N) is 1. The van der Waals surface area contributed by atoms with Gasteiger partial charge in [-0.1, -0.05) is 0 Å². The van der Waals surface area contributed by atoms with Crippen LogP contribution in [0.5, 0.6) is 0 Å². The maximum absolute atomic E-state index is 12.3. The lowest BCUT2D eigenvalue weighted by molar-refractivity contribution is -0.384. The van der Waals surface area contributed by atoms with Crippen molar-refractivity contribution < 1.29 is 14.5 Å². The molecule has 0 aliphatic rings. The number of non-ortho nitro benzene ring substituents is 1. The Balaban J connectivity index is 1.94. The number of nitro benzene ring substituents is 1. The number of aromatic nitrogens is 3. The Morgan fingerprint density at radius 3 is 2.56 bits per heavy atom. The summed E-state index contributed by atoms with van der Waals surface area (Å²) in [5, 5.41) is 13.2. The predicted molar refractivity (Wildman–Crippen MR) is 85.6 cm³/mol. The number of hydrogen-bond acceptors (Lipinski definition) is 6. The molecule has 1 aromatic carbocycles. The Labute approximate surface area is 136 Å². The number of rotatable bonds is 4. The van der Waals surface area contributed by atoms with Gasteiger partial charge in [0.2, 0.25) is 0 Å². The zero-order valence-electron chi connectivity index (χ0n) is 12.3. The number of fused-ring (bicyclic) bond motifs is 1. The second-order valence-electron chi connectivity index (χ2n) is 4.97. The molecule has 1 amide bonds. The van der Waals surface area contributed by atoms with Gasteiger partial charge in [0.1, 0.15) is 5.82 Å². The van der Waals surface area contributed by atoms with E-state index in [0.717, 1.165) is 6.07 Å². The lowest BCUT2D eigenvalue weighted by atomic mass is 10.1. The van der Waals surface area contributed by atoms with Gasteiger partial charge in [0.25, 0.3) is 22.9 Å². The van der Waals surface area contributed by atoms with Gasteiger partial charge in [0, 0.05) is 35.3 Å². The molecule has 0 aliphatic heterocycles. The number of nitrogens with one attached hydrogen (secondary N) is 4. The van der Waals surface area contributed by atoms with Crippen LogP contribution in [-0.2, 0) is 4.79 Å². The van der Waals surface area contributed by atoms with E-state index in [4.69, 9.17) is 0 Å². The first-order valence-corrected chi connectivity index (χ1v) is 6.80. The summed E-state index contributed by atoms with van der Waals surface area (Å²) >= 11 is 0. The van der Waals surface area contributed by atoms with Gasteiger partial charge in [-0.15, -0.1) is 0 Å². The zero-order chi connectivity index (χ0) is 18.1. The van der Waals surface area contributed by atoms with Crippen LogP contribution in [0.25, 0.3) is 10.9 Å². The number of H-pyrrole nitrogens is 3. The van der Waals surface area contributed by atoms with E-state index in [-0.39, 0.29) is 22.5 Å². The standard InChI is InChI=1S/C14H9N5O6/c20-11-4-10(17-14(23)18-11)16-13(22)12(21)8-5-15-9-2-1-6(19(24)25)3-7(8)9/h1-5,15H,(H3,16,17,18,20,22,23). The molecule has 0 aliphatic carbocycles. The van der Waals surface area contributed by atoms with Crippen LogP contribution in [0.4, 0.5) is 11.5 Å². The molecule has 0 bridgehead atoms. The summed E-state index contributed by atoms with van der Waals surface area (Å²) in [4.78, 5) is 63.7. The Morgan fingerprint density at radius 2 is 1.88 bits per heavy atom. The monoisotopic (exact) mass is 343 g/mol. The van der Waals surface area contributed by atoms with Crippen molar-refractivity contribution in [1.29, 1.82) is 0 Å². The predicted octanol–water partition coefficient (Wildman–Crippen LogP) is 0.274. The number of benzene rings is 1. The molecule has 2 aromatic heterocycles. The molecule has 11 nitrogen and oxygen atoms in total. The molecule has 0 saturated heterocycles. The minimum Gasteiger partial charge on any atom is -0.360 e. The average molecular weight is 343 g/mol. The number of aromatic amines is 3. The number of nitro groups is 1. The summed E-state index contributed by atoms with van der Waals surface area (Å²) in [6.45, 7) is 0. The number of ketones is 1. The highest BCUT2D eigenvalue weighted by Crippen LogP contribution is 2.24. The molecular weight excluding hydrogens is 334 g/mol. The van der Waals surface area contributed by atoms with Gasteiger partial charge >= 0.3 is 5.69 Å². The first kappa shape index (κ1) is 15.9. The molecule has 0 saturated carbocycles. The molecule has 2 heterocycles. The van der Waals surface area contributed by atoms with E-state index < -0.39 is 27.9 Å². The fourth-order valence-electron chi connectivity index (χ4n) is 2.25. The van der Waals surface area contributed by atoms with Crippen molar-refractivity contribution in [2.45, 2.75) is 0 Å². The van der Waals surface area contributed by atoms with Crippen molar-refractivity contribution >= 4 is 34.1 Å². The number of carbonyl (C=O) groups is 2. The van der Waals surface area contributed by atoms with Crippen LogP contribution in [0.2, 0.25) is 0 Å². The maximum Gasteiger partial charge on any atom is 0.327 e. The summed E-state index contributed by atoms with van der Waals surface area (Å²) < 4.78 is 0. The molecule has 0 atom stereocenters. The highest BCUT2D eigenvalue weighted by Gasteiger charge is 2.22. The van der Waals surface area contributed by atoms with Crippen LogP contribution in [-0.4, -0.2) is 31.6 Å². The number of carbonyl (C=O) groups excluding carboxylic acids is 2. The second kappa shape index (κ2) is 5.88. The molecule has 0 fully saturated rings. The van der Waals surface area contributed by atoms with Crippen LogP contribution in [0.15, 0.2) is 40.1 Å². The van der Waals surface area contributed by atoms with Crippen LogP contribution >= 0.6 is 0 Å². The van der Waals surface area contributed by atoms with Crippen LogP contribution in [0.1, 0.15) is 10.4 Å². The van der Waals surface area contributed by atoms with E-state index >= 15 is 0 Å². The molecule has 3 aromatic rings. The van der Waals surface area contributed by atoms with Gasteiger partial charge in [-0.05, 0) is 6.07 Å². The zero-order valence-corrected chi connectivity index (χ0v) is 12.3. The van der Waals surface area contributed by atoms with E-state index in [1.54, 1.807) is 0 Å². The Kier molecular flexibility index (Phi) is 3.73. The van der Waals surface area contributed by atoms with Crippen LogP contribution in [0.3, 0.4) is 0 Å². The van der Waals surface area contributed by atoms with Crippen molar-refractivity contribution in [3.05, 3.63) is 67.0 Å². The van der Waals surface area contributed by atoms with E-state index in [2.05, 4.69) is 15.3 Å². The molecule has 0 radical (unpaired) electrons. The van der Waals surface area contributed by atoms with Gasteiger partial charge in [0.05, 0.1) is 10.5 Å². The lowest BCUT2D eigenvalue weighted by Crippen LogP contribution is -2.28. The number of amides is 1. The maximum atomic E-state index is 12.3. The number of anilines is 1. The smallest absolute Gasteiger partial charge is 0.327 e. The van der Waals surface area contributed by atoms with Crippen molar-refractivity contribution in [3.63, 3.8) is 0 Å². The van der Waals surface area contributed by atoms with Gasteiger partial charge in [-0.3, -0.25) is 34.5 Å². The minimum atomic E-state index is -1.12. The molecular formula is C14H9N5O6. The third-order valence-electron chi connectivity index (χ3n) is 3.34. The molecule has 3 rings (SSSR count). The molecule has 0 spiro atoms. The largest absolute Gasteiger partial charge is 0.360 e.